The van der Waals surface area contributed by atoms with Gasteiger partial charge in [0.25, 0.3) is 11.8 Å². The maximum absolute atomic E-state index is 12.3. The number of hydrogen-bond acceptors (Lipinski definition) is 3. The minimum absolute atomic E-state index is 0.128. The van der Waals surface area contributed by atoms with E-state index < -0.39 is 6.10 Å². The van der Waals surface area contributed by atoms with Gasteiger partial charge in [0.15, 0.2) is 6.10 Å². The number of halogens is 1. The summed E-state index contributed by atoms with van der Waals surface area (Å²) >= 11 is 5.93. The molecule has 2 amide bonds. The fourth-order valence-electron chi connectivity index (χ4n) is 2.34. The van der Waals surface area contributed by atoms with Gasteiger partial charge in [-0.15, -0.1) is 0 Å². The van der Waals surface area contributed by atoms with Crippen LogP contribution in [0.25, 0.3) is 0 Å². The SMILES string of the molecule is Cc1cc(Cl)ccc1O[C@H](C)C(=O)Nc1ccc(C(=O)NCC(C)C)cc1. The van der Waals surface area contributed by atoms with Crippen LogP contribution in [0.3, 0.4) is 0 Å². The molecule has 5 nitrogen and oxygen atoms in total. The molecule has 144 valence electrons. The Labute approximate surface area is 165 Å². The third-order valence-electron chi connectivity index (χ3n) is 3.90. The van der Waals surface area contributed by atoms with Gasteiger partial charge in [0.2, 0.25) is 0 Å². The molecule has 2 aromatic carbocycles. The van der Waals surface area contributed by atoms with E-state index >= 15 is 0 Å². The predicted molar refractivity (Wildman–Crippen MR) is 109 cm³/mol. The average Bonchev–Trinajstić information content (AvgIpc) is 2.62. The maximum atomic E-state index is 12.3. The van der Waals surface area contributed by atoms with Crippen molar-refractivity contribution in [2.24, 2.45) is 5.92 Å². The topological polar surface area (TPSA) is 67.4 Å². The van der Waals surface area contributed by atoms with Crippen LogP contribution < -0.4 is 15.4 Å². The zero-order chi connectivity index (χ0) is 20.0. The number of rotatable bonds is 7. The van der Waals surface area contributed by atoms with E-state index in [9.17, 15) is 9.59 Å². The Kier molecular flexibility index (Phi) is 7.25. The molecule has 0 heterocycles. The number of amides is 2. The summed E-state index contributed by atoms with van der Waals surface area (Å²) in [5.74, 6) is 0.593. The Bertz CT molecular complexity index is 804. The Morgan fingerprint density at radius 1 is 1.07 bits per heavy atom. The van der Waals surface area contributed by atoms with Gasteiger partial charge >= 0.3 is 0 Å². The summed E-state index contributed by atoms with van der Waals surface area (Å²) in [4.78, 5) is 24.4. The highest BCUT2D eigenvalue weighted by Crippen LogP contribution is 2.23. The van der Waals surface area contributed by atoms with Crippen molar-refractivity contribution in [2.75, 3.05) is 11.9 Å². The molecule has 0 spiro atoms. The number of anilines is 1. The van der Waals surface area contributed by atoms with E-state index in [4.69, 9.17) is 16.3 Å². The summed E-state index contributed by atoms with van der Waals surface area (Å²) in [6.07, 6.45) is -0.682. The van der Waals surface area contributed by atoms with Crippen LogP contribution in [0.4, 0.5) is 5.69 Å². The highest BCUT2D eigenvalue weighted by molar-refractivity contribution is 6.30. The molecular weight excluding hydrogens is 364 g/mol. The Morgan fingerprint density at radius 2 is 1.74 bits per heavy atom. The normalized spacial score (nSPS) is 11.8. The van der Waals surface area contributed by atoms with Gasteiger partial charge in [-0.1, -0.05) is 25.4 Å². The van der Waals surface area contributed by atoms with Crippen molar-refractivity contribution in [1.29, 1.82) is 0 Å². The first-order valence-corrected chi connectivity index (χ1v) is 9.26. The lowest BCUT2D eigenvalue weighted by Crippen LogP contribution is -2.30. The largest absolute Gasteiger partial charge is 0.481 e. The number of hydrogen-bond donors (Lipinski definition) is 2. The zero-order valence-corrected chi connectivity index (χ0v) is 16.8. The number of benzene rings is 2. The molecule has 2 aromatic rings. The number of nitrogens with one attached hydrogen (secondary N) is 2. The molecule has 0 saturated carbocycles. The number of carbonyl (C=O) groups is 2. The van der Waals surface area contributed by atoms with Crippen molar-refractivity contribution in [1.82, 2.24) is 5.32 Å². The smallest absolute Gasteiger partial charge is 0.265 e. The number of aryl methyl sites for hydroxylation is 1. The molecule has 0 radical (unpaired) electrons. The second kappa shape index (κ2) is 9.42. The van der Waals surface area contributed by atoms with E-state index in [1.807, 2.05) is 20.8 Å². The van der Waals surface area contributed by atoms with Gasteiger partial charge in [0, 0.05) is 22.8 Å². The monoisotopic (exact) mass is 388 g/mol. The van der Waals surface area contributed by atoms with Gasteiger partial charge < -0.3 is 15.4 Å². The second-order valence-corrected chi connectivity index (χ2v) is 7.28. The molecule has 2 N–H and O–H groups in total. The lowest BCUT2D eigenvalue weighted by Gasteiger charge is -2.16. The molecule has 0 aliphatic rings. The number of carbonyl (C=O) groups excluding carboxylic acids is 2. The third-order valence-corrected chi connectivity index (χ3v) is 4.13. The van der Waals surface area contributed by atoms with Crippen LogP contribution in [0.2, 0.25) is 5.02 Å². The summed E-state index contributed by atoms with van der Waals surface area (Å²) < 4.78 is 5.72. The van der Waals surface area contributed by atoms with E-state index in [0.29, 0.717) is 34.5 Å². The molecule has 0 aromatic heterocycles. The van der Waals surface area contributed by atoms with Crippen molar-refractivity contribution >= 4 is 29.1 Å². The van der Waals surface area contributed by atoms with Crippen LogP contribution in [-0.4, -0.2) is 24.5 Å². The van der Waals surface area contributed by atoms with Crippen molar-refractivity contribution in [2.45, 2.75) is 33.8 Å². The van der Waals surface area contributed by atoms with E-state index in [1.54, 1.807) is 49.4 Å². The first-order chi connectivity index (χ1) is 12.8. The molecular formula is C21H25ClN2O3. The minimum Gasteiger partial charge on any atom is -0.481 e. The van der Waals surface area contributed by atoms with E-state index in [-0.39, 0.29) is 11.8 Å². The molecule has 27 heavy (non-hydrogen) atoms. The fraction of sp³-hybridized carbons (Fsp3) is 0.333. The van der Waals surface area contributed by atoms with Gasteiger partial charge in [-0.05, 0) is 67.8 Å². The van der Waals surface area contributed by atoms with Crippen LogP contribution in [0.15, 0.2) is 42.5 Å². The molecule has 2 rings (SSSR count). The first-order valence-electron chi connectivity index (χ1n) is 8.88. The van der Waals surface area contributed by atoms with Gasteiger partial charge in [-0.25, -0.2) is 0 Å². The standard InChI is InChI=1S/C21H25ClN2O3/c1-13(2)12-23-21(26)16-5-8-18(9-6-16)24-20(25)15(4)27-19-10-7-17(22)11-14(19)3/h5-11,13,15H,12H2,1-4H3,(H,23,26)(H,24,25)/t15-/m1/s1. The van der Waals surface area contributed by atoms with Crippen LogP contribution in [0.5, 0.6) is 5.75 Å². The van der Waals surface area contributed by atoms with E-state index in [0.717, 1.165) is 5.56 Å². The third kappa shape index (κ3) is 6.29. The van der Waals surface area contributed by atoms with Gasteiger partial charge in [0.05, 0.1) is 0 Å². The van der Waals surface area contributed by atoms with Crippen LogP contribution in [0, 0.1) is 12.8 Å². The van der Waals surface area contributed by atoms with Gasteiger partial charge in [0.1, 0.15) is 5.75 Å². The fourth-order valence-corrected chi connectivity index (χ4v) is 2.56. The predicted octanol–water partition coefficient (Wildman–Crippen LogP) is 4.44. The zero-order valence-electron chi connectivity index (χ0n) is 16.0. The molecule has 0 saturated heterocycles. The molecule has 0 aliphatic heterocycles. The molecule has 0 fully saturated rings. The molecule has 6 heteroatoms. The summed E-state index contributed by atoms with van der Waals surface area (Å²) in [6, 6.07) is 12.0. The maximum Gasteiger partial charge on any atom is 0.265 e. The summed E-state index contributed by atoms with van der Waals surface area (Å²) in [5, 5.41) is 6.27. The first kappa shape index (κ1) is 20.8. The van der Waals surface area contributed by atoms with Crippen molar-refractivity contribution in [3.05, 3.63) is 58.6 Å². The highest BCUT2D eigenvalue weighted by Gasteiger charge is 2.16. The quantitative estimate of drug-likeness (QED) is 0.736. The molecule has 0 bridgehead atoms. The Balaban J connectivity index is 1.93. The van der Waals surface area contributed by atoms with Gasteiger partial charge in [-0.3, -0.25) is 9.59 Å². The highest BCUT2D eigenvalue weighted by atomic mass is 35.5. The van der Waals surface area contributed by atoms with Gasteiger partial charge in [-0.2, -0.15) is 0 Å². The van der Waals surface area contributed by atoms with E-state index in [1.165, 1.54) is 0 Å². The molecule has 0 aliphatic carbocycles. The summed E-state index contributed by atoms with van der Waals surface area (Å²) in [6.45, 7) is 8.24. The number of ether oxygens (including phenoxy) is 1. The lowest BCUT2D eigenvalue weighted by atomic mass is 10.1. The average molecular weight is 389 g/mol. The van der Waals surface area contributed by atoms with Crippen molar-refractivity contribution in [3.8, 4) is 5.75 Å². The van der Waals surface area contributed by atoms with Crippen LogP contribution in [0.1, 0.15) is 36.7 Å². The van der Waals surface area contributed by atoms with Crippen LogP contribution in [-0.2, 0) is 4.79 Å². The minimum atomic E-state index is -0.682. The summed E-state index contributed by atoms with van der Waals surface area (Å²) in [7, 11) is 0. The Hall–Kier alpha value is -2.53. The van der Waals surface area contributed by atoms with Crippen molar-refractivity contribution < 1.29 is 14.3 Å². The van der Waals surface area contributed by atoms with Crippen LogP contribution >= 0.6 is 11.6 Å². The van der Waals surface area contributed by atoms with E-state index in [2.05, 4.69) is 10.6 Å². The Morgan fingerprint density at radius 3 is 2.33 bits per heavy atom. The summed E-state index contributed by atoms with van der Waals surface area (Å²) in [5.41, 5.74) is 2.01. The molecule has 1 atom stereocenters. The second-order valence-electron chi connectivity index (χ2n) is 6.84. The molecule has 0 unspecified atom stereocenters. The lowest BCUT2D eigenvalue weighted by molar-refractivity contribution is -0.122. The van der Waals surface area contributed by atoms with Crippen molar-refractivity contribution in [3.63, 3.8) is 0 Å².